The molecule has 10 heteroatoms. The number of benzene rings is 2. The average Bonchev–Trinajstić information content (AvgIpc) is 2.72. The van der Waals surface area contributed by atoms with E-state index in [1.54, 1.807) is 39.3 Å². The fraction of sp³-hybridized carbons (Fsp3) is 0.429. The summed E-state index contributed by atoms with van der Waals surface area (Å²) < 4.78 is 64.7. The lowest BCUT2D eigenvalue weighted by molar-refractivity contribution is 0.354. The summed E-state index contributed by atoms with van der Waals surface area (Å²) in [5.74, 6) is 1.31. The molecule has 0 atom stereocenters. The highest BCUT2D eigenvalue weighted by atomic mass is 32.2. The smallest absolute Gasteiger partial charge is 0.240 e. The van der Waals surface area contributed by atoms with Gasteiger partial charge in [-0.25, -0.2) is 21.6 Å². The number of aryl methyl sites for hydroxylation is 1. The highest BCUT2D eigenvalue weighted by Crippen LogP contribution is 2.29. The molecule has 1 N–H and O–H groups in total. The summed E-state index contributed by atoms with van der Waals surface area (Å²) >= 11 is 0. The molecule has 1 aliphatic rings. The Morgan fingerprint density at radius 3 is 2.42 bits per heavy atom. The first-order valence-corrected chi connectivity index (χ1v) is 13.1. The van der Waals surface area contributed by atoms with Crippen LogP contribution >= 0.6 is 0 Å². The van der Waals surface area contributed by atoms with Crippen LogP contribution in [-0.4, -0.2) is 49.9 Å². The van der Waals surface area contributed by atoms with Gasteiger partial charge in [0.1, 0.15) is 0 Å². The zero-order chi connectivity index (χ0) is 22.6. The Morgan fingerprint density at radius 2 is 1.77 bits per heavy atom. The molecule has 0 radical (unpaired) electrons. The first kappa shape index (κ1) is 23.4. The number of nitrogens with zero attached hydrogens (tertiary/aromatic N) is 1. The third kappa shape index (κ3) is 5.31. The second kappa shape index (κ2) is 9.46. The summed E-state index contributed by atoms with van der Waals surface area (Å²) in [5, 5.41) is 0. The molecule has 1 fully saturated rings. The molecule has 0 saturated carbocycles. The lowest BCUT2D eigenvalue weighted by Crippen LogP contribution is -2.38. The summed E-state index contributed by atoms with van der Waals surface area (Å²) in [6, 6.07) is 10.1. The van der Waals surface area contributed by atoms with Crippen molar-refractivity contribution in [1.82, 2.24) is 4.72 Å². The van der Waals surface area contributed by atoms with Gasteiger partial charge in [-0.1, -0.05) is 6.07 Å². The molecule has 170 valence electrons. The van der Waals surface area contributed by atoms with E-state index in [1.165, 1.54) is 10.4 Å². The van der Waals surface area contributed by atoms with Crippen molar-refractivity contribution in [3.63, 3.8) is 0 Å². The second-order valence-corrected chi connectivity index (χ2v) is 11.1. The molecule has 0 aromatic heterocycles. The normalized spacial score (nSPS) is 16.2. The molecule has 2 aromatic rings. The van der Waals surface area contributed by atoms with E-state index in [9.17, 15) is 16.8 Å². The number of nitrogens with one attached hydrogen (secondary N) is 1. The van der Waals surface area contributed by atoms with Crippen LogP contribution < -0.4 is 18.5 Å². The van der Waals surface area contributed by atoms with Crippen molar-refractivity contribution in [3.05, 3.63) is 47.5 Å². The third-order valence-electron chi connectivity index (χ3n) is 5.24. The van der Waals surface area contributed by atoms with Crippen LogP contribution in [0.25, 0.3) is 0 Å². The van der Waals surface area contributed by atoms with Gasteiger partial charge in [-0.3, -0.25) is 4.31 Å². The van der Waals surface area contributed by atoms with Crippen LogP contribution in [0.5, 0.6) is 11.5 Å². The van der Waals surface area contributed by atoms with E-state index in [4.69, 9.17) is 9.47 Å². The third-order valence-corrected chi connectivity index (χ3v) is 8.73. The number of rotatable bonds is 8. The maximum atomic E-state index is 12.8. The highest BCUT2D eigenvalue weighted by molar-refractivity contribution is 7.92. The lowest BCUT2D eigenvalue weighted by atomic mass is 10.1. The van der Waals surface area contributed by atoms with Crippen LogP contribution in [0.1, 0.15) is 24.0 Å². The zero-order valence-electron chi connectivity index (χ0n) is 17.9. The molecule has 3 rings (SSSR count). The summed E-state index contributed by atoms with van der Waals surface area (Å²) in [6.45, 7) is 2.29. The largest absolute Gasteiger partial charge is 0.493 e. The molecule has 1 saturated heterocycles. The monoisotopic (exact) mass is 468 g/mol. The predicted molar refractivity (Wildman–Crippen MR) is 120 cm³/mol. The van der Waals surface area contributed by atoms with Gasteiger partial charge >= 0.3 is 0 Å². The van der Waals surface area contributed by atoms with Crippen LogP contribution in [0, 0.1) is 6.92 Å². The van der Waals surface area contributed by atoms with Crippen molar-refractivity contribution in [2.75, 3.05) is 37.4 Å². The molecule has 0 unspecified atom stereocenters. The van der Waals surface area contributed by atoms with E-state index in [1.807, 2.05) is 12.1 Å². The quantitative estimate of drug-likeness (QED) is 0.639. The van der Waals surface area contributed by atoms with Gasteiger partial charge in [-0.05, 0) is 67.6 Å². The number of hydrogen-bond donors (Lipinski definition) is 1. The van der Waals surface area contributed by atoms with E-state index in [-0.39, 0.29) is 17.2 Å². The van der Waals surface area contributed by atoms with Crippen LogP contribution in [0.15, 0.2) is 41.3 Å². The summed E-state index contributed by atoms with van der Waals surface area (Å²) in [6.07, 6.45) is 1.91. The molecule has 1 aliphatic heterocycles. The van der Waals surface area contributed by atoms with Crippen LogP contribution in [0.4, 0.5) is 5.69 Å². The van der Waals surface area contributed by atoms with Gasteiger partial charge in [0.15, 0.2) is 11.5 Å². The molecule has 8 nitrogen and oxygen atoms in total. The van der Waals surface area contributed by atoms with Crippen molar-refractivity contribution < 1.29 is 26.3 Å². The van der Waals surface area contributed by atoms with Crippen molar-refractivity contribution >= 4 is 25.7 Å². The van der Waals surface area contributed by atoms with Gasteiger partial charge in [0.25, 0.3) is 0 Å². The minimum absolute atomic E-state index is 0.115. The maximum Gasteiger partial charge on any atom is 0.240 e. The van der Waals surface area contributed by atoms with E-state index in [0.29, 0.717) is 42.1 Å². The summed E-state index contributed by atoms with van der Waals surface area (Å²) in [4.78, 5) is 0.137. The molecular formula is C21H28N2O6S2. The Hall–Kier alpha value is -2.30. The number of hydrogen-bond acceptors (Lipinski definition) is 6. The van der Waals surface area contributed by atoms with E-state index in [0.717, 1.165) is 12.0 Å². The minimum atomic E-state index is -3.74. The second-order valence-electron chi connectivity index (χ2n) is 7.38. The average molecular weight is 469 g/mol. The zero-order valence-corrected chi connectivity index (χ0v) is 19.6. The van der Waals surface area contributed by atoms with Crippen molar-refractivity contribution in [2.24, 2.45) is 0 Å². The number of sulfonamides is 2. The van der Waals surface area contributed by atoms with Crippen LogP contribution in [-0.2, 0) is 26.5 Å². The highest BCUT2D eigenvalue weighted by Gasteiger charge is 2.27. The Bertz CT molecular complexity index is 1150. The first-order chi connectivity index (χ1) is 14.7. The fourth-order valence-electron chi connectivity index (χ4n) is 3.61. The Kier molecular flexibility index (Phi) is 7.13. The SMILES string of the molecule is COc1ccc(CCNS(=O)(=O)c2ccc(N3CCCCS3(=O)=O)cc2C)cc1OC. The van der Waals surface area contributed by atoms with Gasteiger partial charge in [-0.15, -0.1) is 0 Å². The summed E-state index contributed by atoms with van der Waals surface area (Å²) in [5.41, 5.74) is 1.90. The van der Waals surface area contributed by atoms with E-state index < -0.39 is 20.0 Å². The van der Waals surface area contributed by atoms with Gasteiger partial charge in [0.2, 0.25) is 20.0 Å². The molecule has 1 heterocycles. The van der Waals surface area contributed by atoms with Crippen molar-refractivity contribution in [3.8, 4) is 11.5 Å². The van der Waals surface area contributed by atoms with Gasteiger partial charge in [-0.2, -0.15) is 0 Å². The molecule has 31 heavy (non-hydrogen) atoms. The first-order valence-electron chi connectivity index (χ1n) is 9.99. The van der Waals surface area contributed by atoms with E-state index >= 15 is 0 Å². The van der Waals surface area contributed by atoms with Gasteiger partial charge in [0.05, 0.1) is 30.6 Å². The number of ether oxygens (including phenoxy) is 2. The van der Waals surface area contributed by atoms with Crippen molar-refractivity contribution in [2.45, 2.75) is 31.1 Å². The van der Waals surface area contributed by atoms with Crippen molar-refractivity contribution in [1.29, 1.82) is 0 Å². The summed E-state index contributed by atoms with van der Waals surface area (Å²) in [7, 11) is -3.98. The molecule has 0 spiro atoms. The fourth-order valence-corrected chi connectivity index (χ4v) is 6.50. The number of methoxy groups -OCH3 is 2. The molecular weight excluding hydrogens is 440 g/mol. The predicted octanol–water partition coefficient (Wildman–Crippen LogP) is 2.46. The van der Waals surface area contributed by atoms with Crippen LogP contribution in [0.2, 0.25) is 0 Å². The standard InChI is InChI=1S/C21H28N2O6S2/c1-16-14-18(23-12-4-5-13-30(23,24)25)7-9-21(16)31(26,27)22-11-10-17-6-8-19(28-2)20(15-17)29-3/h6-9,14-15,22H,4-5,10-13H2,1-3H3. The topological polar surface area (TPSA) is 102 Å². The van der Waals surface area contributed by atoms with E-state index in [2.05, 4.69) is 4.72 Å². The lowest BCUT2D eigenvalue weighted by Gasteiger charge is -2.28. The Morgan fingerprint density at radius 1 is 1.03 bits per heavy atom. The molecule has 2 aromatic carbocycles. The Labute approximate surface area is 184 Å². The molecule has 0 amide bonds. The van der Waals surface area contributed by atoms with Gasteiger partial charge in [0, 0.05) is 13.1 Å². The molecule has 0 bridgehead atoms. The van der Waals surface area contributed by atoms with Crippen LogP contribution in [0.3, 0.4) is 0 Å². The molecule has 0 aliphatic carbocycles. The number of anilines is 1. The van der Waals surface area contributed by atoms with Gasteiger partial charge < -0.3 is 9.47 Å². The minimum Gasteiger partial charge on any atom is -0.493 e. The Balaban J connectivity index is 1.71. The maximum absolute atomic E-state index is 12.8.